The van der Waals surface area contributed by atoms with Gasteiger partial charge in [-0.1, -0.05) is 6.92 Å². The molecular formula is C11H17NO5. The van der Waals surface area contributed by atoms with Gasteiger partial charge in [0.15, 0.2) is 6.61 Å². The summed E-state index contributed by atoms with van der Waals surface area (Å²) in [5.74, 6) is -1.03. The number of hydrogen-bond acceptors (Lipinski definition) is 5. The summed E-state index contributed by atoms with van der Waals surface area (Å²) in [4.78, 5) is 22.7. The highest BCUT2D eigenvalue weighted by atomic mass is 16.6. The lowest BCUT2D eigenvalue weighted by Gasteiger charge is -2.15. The predicted molar refractivity (Wildman–Crippen MR) is 58.8 cm³/mol. The molecule has 1 amide bonds. The van der Waals surface area contributed by atoms with Crippen LogP contribution in [0, 0.1) is 0 Å². The van der Waals surface area contributed by atoms with Gasteiger partial charge in [-0.3, -0.25) is 4.79 Å². The molecule has 0 saturated heterocycles. The highest BCUT2D eigenvalue weighted by Gasteiger charge is 2.18. The second-order valence-corrected chi connectivity index (χ2v) is 3.65. The van der Waals surface area contributed by atoms with Gasteiger partial charge in [0.2, 0.25) is 5.76 Å². The molecule has 0 saturated carbocycles. The Hall–Kier alpha value is -1.72. The van der Waals surface area contributed by atoms with Crippen LogP contribution >= 0.6 is 0 Å². The number of amides is 1. The van der Waals surface area contributed by atoms with Gasteiger partial charge in [0.05, 0.1) is 0 Å². The van der Waals surface area contributed by atoms with Crippen molar-refractivity contribution in [3.63, 3.8) is 0 Å². The van der Waals surface area contributed by atoms with E-state index in [0.717, 1.165) is 6.42 Å². The largest absolute Gasteiger partial charge is 0.493 e. The standard InChI is InChI=1S/C11H17NO5/c1-3-8(2)12-10(13)7-17-11(14)9-6-15-4-5-16-9/h6,8H,3-5,7H2,1-2H3,(H,12,13)/t8-/m0/s1. The molecule has 0 aromatic heterocycles. The summed E-state index contributed by atoms with van der Waals surface area (Å²) in [5, 5.41) is 2.68. The quantitative estimate of drug-likeness (QED) is 0.704. The summed E-state index contributed by atoms with van der Waals surface area (Å²) in [6.45, 7) is 4.23. The van der Waals surface area contributed by atoms with Crippen LogP contribution in [0.1, 0.15) is 20.3 Å². The first-order valence-corrected chi connectivity index (χ1v) is 5.54. The number of ether oxygens (including phenoxy) is 3. The average molecular weight is 243 g/mol. The first-order chi connectivity index (χ1) is 8.13. The molecule has 0 aromatic carbocycles. The second kappa shape index (κ2) is 6.78. The minimum absolute atomic E-state index is 0.00686. The third-order valence-corrected chi connectivity index (χ3v) is 2.20. The Morgan fingerprint density at radius 3 is 2.88 bits per heavy atom. The fourth-order valence-corrected chi connectivity index (χ4v) is 1.10. The summed E-state index contributed by atoms with van der Waals surface area (Å²) in [7, 11) is 0. The number of esters is 1. The molecule has 1 aliphatic heterocycles. The lowest BCUT2D eigenvalue weighted by molar-refractivity contribution is -0.149. The van der Waals surface area contributed by atoms with Crippen molar-refractivity contribution in [2.75, 3.05) is 19.8 Å². The number of nitrogens with one attached hydrogen (secondary N) is 1. The van der Waals surface area contributed by atoms with E-state index in [1.807, 2.05) is 13.8 Å². The van der Waals surface area contributed by atoms with Crippen LogP contribution in [-0.4, -0.2) is 37.7 Å². The van der Waals surface area contributed by atoms with Crippen molar-refractivity contribution in [1.29, 1.82) is 0 Å². The molecule has 0 radical (unpaired) electrons. The monoisotopic (exact) mass is 243 g/mol. The van der Waals surface area contributed by atoms with Gasteiger partial charge in [0.25, 0.3) is 5.91 Å². The average Bonchev–Trinajstić information content (AvgIpc) is 2.36. The molecule has 1 N–H and O–H groups in total. The maximum atomic E-state index is 11.4. The van der Waals surface area contributed by atoms with Crippen LogP contribution in [0.3, 0.4) is 0 Å². The highest BCUT2D eigenvalue weighted by Crippen LogP contribution is 2.05. The summed E-state index contributed by atoms with van der Waals surface area (Å²) in [6, 6.07) is 0.0645. The van der Waals surface area contributed by atoms with E-state index in [9.17, 15) is 9.59 Å². The molecule has 96 valence electrons. The lowest BCUT2D eigenvalue weighted by Crippen LogP contribution is -2.35. The number of hydrogen-bond donors (Lipinski definition) is 1. The molecule has 0 spiro atoms. The Kier molecular flexibility index (Phi) is 5.32. The van der Waals surface area contributed by atoms with Crippen molar-refractivity contribution in [3.8, 4) is 0 Å². The van der Waals surface area contributed by atoms with E-state index in [4.69, 9.17) is 14.2 Å². The van der Waals surface area contributed by atoms with Crippen LogP contribution < -0.4 is 5.32 Å². The van der Waals surface area contributed by atoms with Gasteiger partial charge < -0.3 is 19.5 Å². The third-order valence-electron chi connectivity index (χ3n) is 2.20. The fraction of sp³-hybridized carbons (Fsp3) is 0.636. The number of carbonyl (C=O) groups is 2. The molecular weight excluding hydrogens is 226 g/mol. The van der Waals surface area contributed by atoms with Crippen LogP contribution in [0.15, 0.2) is 12.0 Å². The number of carbonyl (C=O) groups excluding carboxylic acids is 2. The molecule has 1 atom stereocenters. The first-order valence-electron chi connectivity index (χ1n) is 5.54. The van der Waals surface area contributed by atoms with E-state index in [1.54, 1.807) is 0 Å². The fourth-order valence-electron chi connectivity index (χ4n) is 1.10. The maximum Gasteiger partial charge on any atom is 0.377 e. The van der Waals surface area contributed by atoms with Crippen LogP contribution in [0.2, 0.25) is 0 Å². The zero-order valence-corrected chi connectivity index (χ0v) is 10.0. The van der Waals surface area contributed by atoms with Gasteiger partial charge in [-0.05, 0) is 13.3 Å². The molecule has 0 unspecified atom stereocenters. The molecule has 1 heterocycles. The second-order valence-electron chi connectivity index (χ2n) is 3.65. The van der Waals surface area contributed by atoms with Gasteiger partial charge in [-0.2, -0.15) is 0 Å². The molecule has 0 aromatic rings. The normalized spacial score (nSPS) is 16.0. The summed E-state index contributed by atoms with van der Waals surface area (Å²) < 4.78 is 14.7. The molecule has 1 rings (SSSR count). The van der Waals surface area contributed by atoms with Crippen LogP contribution in [-0.2, 0) is 23.8 Å². The Morgan fingerprint density at radius 1 is 1.53 bits per heavy atom. The Bertz CT molecular complexity index is 313. The topological polar surface area (TPSA) is 73.9 Å². The third kappa shape index (κ3) is 4.76. The Balaban J connectivity index is 2.27. The maximum absolute atomic E-state index is 11.4. The van der Waals surface area contributed by atoms with Crippen molar-refractivity contribution in [3.05, 3.63) is 12.0 Å². The van der Waals surface area contributed by atoms with E-state index >= 15 is 0 Å². The van der Waals surface area contributed by atoms with Crippen molar-refractivity contribution < 1.29 is 23.8 Å². The van der Waals surface area contributed by atoms with Crippen LogP contribution in [0.5, 0.6) is 0 Å². The zero-order chi connectivity index (χ0) is 12.7. The van der Waals surface area contributed by atoms with E-state index in [1.165, 1.54) is 6.26 Å². The molecule has 0 fully saturated rings. The van der Waals surface area contributed by atoms with E-state index in [0.29, 0.717) is 13.2 Å². The van der Waals surface area contributed by atoms with Crippen LogP contribution in [0.4, 0.5) is 0 Å². The van der Waals surface area contributed by atoms with Crippen molar-refractivity contribution in [2.24, 2.45) is 0 Å². The van der Waals surface area contributed by atoms with E-state index < -0.39 is 5.97 Å². The van der Waals surface area contributed by atoms with Gasteiger partial charge in [0.1, 0.15) is 19.5 Å². The summed E-state index contributed by atoms with van der Waals surface area (Å²) >= 11 is 0. The summed E-state index contributed by atoms with van der Waals surface area (Å²) in [5.41, 5.74) is 0. The van der Waals surface area contributed by atoms with Crippen LogP contribution in [0.25, 0.3) is 0 Å². The number of rotatable bonds is 5. The van der Waals surface area contributed by atoms with Crippen molar-refractivity contribution in [1.82, 2.24) is 5.32 Å². The SMILES string of the molecule is CC[C@H](C)NC(=O)COC(=O)C1=COCCO1. The molecule has 17 heavy (non-hydrogen) atoms. The molecule has 0 bridgehead atoms. The molecule has 0 aliphatic carbocycles. The zero-order valence-electron chi connectivity index (χ0n) is 10.0. The molecule has 1 aliphatic rings. The molecule has 6 nitrogen and oxygen atoms in total. The van der Waals surface area contributed by atoms with Crippen molar-refractivity contribution >= 4 is 11.9 Å². The first kappa shape index (κ1) is 13.3. The van der Waals surface area contributed by atoms with Gasteiger partial charge in [-0.15, -0.1) is 0 Å². The van der Waals surface area contributed by atoms with E-state index in [-0.39, 0.29) is 24.3 Å². The van der Waals surface area contributed by atoms with Gasteiger partial charge in [-0.25, -0.2) is 4.79 Å². The minimum Gasteiger partial charge on any atom is -0.493 e. The Labute approximate surface area is 99.9 Å². The smallest absolute Gasteiger partial charge is 0.377 e. The van der Waals surface area contributed by atoms with Gasteiger partial charge >= 0.3 is 5.97 Å². The minimum atomic E-state index is -0.691. The summed E-state index contributed by atoms with van der Waals surface area (Å²) in [6.07, 6.45) is 2.01. The van der Waals surface area contributed by atoms with Crippen molar-refractivity contribution in [2.45, 2.75) is 26.3 Å². The molecule has 6 heteroatoms. The van der Waals surface area contributed by atoms with E-state index in [2.05, 4.69) is 5.32 Å². The van der Waals surface area contributed by atoms with Gasteiger partial charge in [0, 0.05) is 6.04 Å². The highest BCUT2D eigenvalue weighted by molar-refractivity contribution is 5.88. The predicted octanol–water partition coefficient (Wildman–Crippen LogP) is 0.332. The lowest BCUT2D eigenvalue weighted by atomic mass is 10.2. The Morgan fingerprint density at radius 2 is 2.29 bits per heavy atom.